The number of anilines is 2. The first-order valence-corrected chi connectivity index (χ1v) is 8.99. The minimum Gasteiger partial charge on any atom is -0.376 e. The molecule has 3 aromatic carbocycles. The molecule has 0 bridgehead atoms. The normalized spacial score (nSPS) is 11.4. The average molecular weight is 411 g/mol. The number of halogens is 3. The molecule has 0 aliphatic rings. The Morgan fingerprint density at radius 3 is 2.57 bits per heavy atom. The first-order chi connectivity index (χ1) is 14.4. The van der Waals surface area contributed by atoms with Crippen LogP contribution in [0.2, 0.25) is 0 Å². The Hall–Kier alpha value is -3.88. The third-order valence-electron chi connectivity index (χ3n) is 4.49. The van der Waals surface area contributed by atoms with Gasteiger partial charge in [-0.05, 0) is 29.7 Å². The third-order valence-corrected chi connectivity index (χ3v) is 4.49. The molecule has 30 heavy (non-hydrogen) atoms. The minimum absolute atomic E-state index is 0.0138. The zero-order chi connectivity index (χ0) is 21.1. The summed E-state index contributed by atoms with van der Waals surface area (Å²) in [6.45, 7) is -0.124. The maximum Gasteiger partial charge on any atom is 0.416 e. The Kier molecular flexibility index (Phi) is 5.09. The Labute approximate surface area is 169 Å². The molecule has 0 saturated carbocycles. The van der Waals surface area contributed by atoms with Crippen molar-refractivity contribution in [2.75, 3.05) is 17.2 Å². The Bertz CT molecular complexity index is 1180. The number of hydrogen-bond acceptors (Lipinski definition) is 4. The minimum atomic E-state index is -4.54. The molecule has 1 aromatic heterocycles. The van der Waals surface area contributed by atoms with Crippen LogP contribution in [0.1, 0.15) is 5.56 Å². The molecule has 152 valence electrons. The molecule has 4 aromatic rings. The van der Waals surface area contributed by atoms with Crippen LogP contribution < -0.4 is 10.6 Å². The molecule has 0 spiro atoms. The standard InChI is InChI=1S/C21H16F3N5O/c22-21(23,24)15-8-9-19(29-13-25-12-27-29)18(10-15)28-20(30)11-26-17-7-3-5-14-4-1-2-6-16(14)17/h1-10,12-13,26H,11H2,(H,28,30). The van der Waals surface area contributed by atoms with Crippen molar-refractivity contribution in [3.05, 3.63) is 78.9 Å². The van der Waals surface area contributed by atoms with Crippen molar-refractivity contribution >= 4 is 28.1 Å². The number of amides is 1. The lowest BCUT2D eigenvalue weighted by atomic mass is 10.1. The van der Waals surface area contributed by atoms with Gasteiger partial charge in [0.25, 0.3) is 0 Å². The fourth-order valence-electron chi connectivity index (χ4n) is 3.09. The summed E-state index contributed by atoms with van der Waals surface area (Å²) < 4.78 is 40.7. The van der Waals surface area contributed by atoms with Gasteiger partial charge in [0.15, 0.2) is 0 Å². The van der Waals surface area contributed by atoms with Crippen LogP contribution in [0.5, 0.6) is 0 Å². The van der Waals surface area contributed by atoms with Crippen LogP contribution in [-0.2, 0) is 11.0 Å². The van der Waals surface area contributed by atoms with E-state index in [0.29, 0.717) is 0 Å². The quantitative estimate of drug-likeness (QED) is 0.508. The summed E-state index contributed by atoms with van der Waals surface area (Å²) >= 11 is 0. The van der Waals surface area contributed by atoms with Gasteiger partial charge in [0.2, 0.25) is 5.91 Å². The van der Waals surface area contributed by atoms with Gasteiger partial charge in [-0.3, -0.25) is 4.79 Å². The lowest BCUT2D eigenvalue weighted by Gasteiger charge is -2.15. The second-order valence-corrected chi connectivity index (χ2v) is 6.50. The highest BCUT2D eigenvalue weighted by molar-refractivity contribution is 5.98. The van der Waals surface area contributed by atoms with Crippen molar-refractivity contribution in [1.82, 2.24) is 14.8 Å². The molecule has 2 N–H and O–H groups in total. The van der Waals surface area contributed by atoms with E-state index >= 15 is 0 Å². The Morgan fingerprint density at radius 2 is 1.80 bits per heavy atom. The number of hydrogen-bond donors (Lipinski definition) is 2. The first kappa shape index (κ1) is 19.4. The highest BCUT2D eigenvalue weighted by Crippen LogP contribution is 2.33. The van der Waals surface area contributed by atoms with E-state index in [1.165, 1.54) is 23.4 Å². The predicted octanol–water partition coefficient (Wildman–Crippen LogP) is 4.49. The van der Waals surface area contributed by atoms with E-state index in [-0.39, 0.29) is 17.9 Å². The van der Waals surface area contributed by atoms with Crippen LogP contribution in [-0.4, -0.2) is 27.2 Å². The van der Waals surface area contributed by atoms with Gasteiger partial charge in [-0.15, -0.1) is 0 Å². The van der Waals surface area contributed by atoms with Gasteiger partial charge >= 0.3 is 6.18 Å². The number of fused-ring (bicyclic) bond motifs is 1. The summed E-state index contributed by atoms with van der Waals surface area (Å²) in [5.41, 5.74) is 0.145. The molecule has 0 saturated heterocycles. The van der Waals surface area contributed by atoms with Gasteiger partial charge in [-0.2, -0.15) is 18.3 Å². The van der Waals surface area contributed by atoms with E-state index in [0.717, 1.165) is 28.6 Å². The molecule has 1 heterocycles. The molecule has 4 rings (SSSR count). The zero-order valence-corrected chi connectivity index (χ0v) is 15.5. The molecule has 0 aliphatic heterocycles. The van der Waals surface area contributed by atoms with Crippen molar-refractivity contribution in [2.45, 2.75) is 6.18 Å². The number of alkyl halides is 3. The van der Waals surface area contributed by atoms with Crippen molar-refractivity contribution in [2.24, 2.45) is 0 Å². The average Bonchev–Trinajstić information content (AvgIpc) is 3.26. The van der Waals surface area contributed by atoms with Crippen molar-refractivity contribution in [3.8, 4) is 5.69 Å². The SMILES string of the molecule is O=C(CNc1cccc2ccccc12)Nc1cc(C(F)(F)F)ccc1-n1cncn1. The van der Waals surface area contributed by atoms with Crippen molar-refractivity contribution in [1.29, 1.82) is 0 Å². The molecule has 0 unspecified atom stereocenters. The topological polar surface area (TPSA) is 71.8 Å². The van der Waals surface area contributed by atoms with E-state index in [9.17, 15) is 18.0 Å². The molecule has 9 heteroatoms. The second kappa shape index (κ2) is 7.86. The summed E-state index contributed by atoms with van der Waals surface area (Å²) in [5, 5.41) is 11.5. The van der Waals surface area contributed by atoms with Gasteiger partial charge in [0, 0.05) is 11.1 Å². The van der Waals surface area contributed by atoms with Gasteiger partial charge in [-0.1, -0.05) is 36.4 Å². The summed E-state index contributed by atoms with van der Waals surface area (Å²) in [7, 11) is 0. The molecule has 0 fully saturated rings. The number of carbonyl (C=O) groups excluding carboxylic acids is 1. The fraction of sp³-hybridized carbons (Fsp3) is 0.0952. The second-order valence-electron chi connectivity index (χ2n) is 6.50. The first-order valence-electron chi connectivity index (χ1n) is 8.99. The van der Waals surface area contributed by atoms with Gasteiger partial charge in [0.05, 0.1) is 23.5 Å². The van der Waals surface area contributed by atoms with Crippen molar-refractivity contribution in [3.63, 3.8) is 0 Å². The summed E-state index contributed by atoms with van der Waals surface area (Å²) in [5.74, 6) is -0.497. The van der Waals surface area contributed by atoms with Crippen LogP contribution in [0.3, 0.4) is 0 Å². The number of carbonyl (C=O) groups is 1. The largest absolute Gasteiger partial charge is 0.416 e. The van der Waals surface area contributed by atoms with Crippen LogP contribution in [0.4, 0.5) is 24.5 Å². The molecular weight excluding hydrogens is 395 g/mol. The van der Waals surface area contributed by atoms with Gasteiger partial charge in [0.1, 0.15) is 12.7 Å². The van der Waals surface area contributed by atoms with E-state index in [1.807, 2.05) is 42.5 Å². The van der Waals surface area contributed by atoms with Crippen LogP contribution in [0.15, 0.2) is 73.3 Å². The highest BCUT2D eigenvalue weighted by Gasteiger charge is 2.31. The number of nitrogens with zero attached hydrogens (tertiary/aromatic N) is 3. The number of benzene rings is 3. The highest BCUT2D eigenvalue weighted by atomic mass is 19.4. The van der Waals surface area contributed by atoms with Crippen LogP contribution in [0.25, 0.3) is 16.5 Å². The van der Waals surface area contributed by atoms with Crippen LogP contribution >= 0.6 is 0 Å². The molecule has 0 atom stereocenters. The molecule has 0 aliphatic carbocycles. The predicted molar refractivity (Wildman–Crippen MR) is 107 cm³/mol. The molecular formula is C21H16F3N5O. The fourth-order valence-corrected chi connectivity index (χ4v) is 3.09. The van der Waals surface area contributed by atoms with E-state index < -0.39 is 17.6 Å². The zero-order valence-electron chi connectivity index (χ0n) is 15.5. The van der Waals surface area contributed by atoms with Gasteiger partial charge < -0.3 is 10.6 Å². The van der Waals surface area contributed by atoms with E-state index in [4.69, 9.17) is 0 Å². The molecule has 1 amide bonds. The maximum atomic E-state index is 13.1. The molecule has 0 radical (unpaired) electrons. The van der Waals surface area contributed by atoms with E-state index in [2.05, 4.69) is 20.7 Å². The monoisotopic (exact) mass is 411 g/mol. The maximum absolute atomic E-state index is 13.1. The smallest absolute Gasteiger partial charge is 0.376 e. The molecule has 6 nitrogen and oxygen atoms in total. The van der Waals surface area contributed by atoms with Crippen molar-refractivity contribution < 1.29 is 18.0 Å². The number of nitrogens with one attached hydrogen (secondary N) is 2. The summed E-state index contributed by atoms with van der Waals surface area (Å²) in [6.07, 6.45) is -1.94. The summed E-state index contributed by atoms with van der Waals surface area (Å²) in [6, 6.07) is 16.4. The van der Waals surface area contributed by atoms with E-state index in [1.54, 1.807) is 0 Å². The number of rotatable bonds is 5. The number of aromatic nitrogens is 3. The Balaban J connectivity index is 1.56. The Morgan fingerprint density at radius 1 is 1.00 bits per heavy atom. The van der Waals surface area contributed by atoms with Gasteiger partial charge in [-0.25, -0.2) is 9.67 Å². The van der Waals surface area contributed by atoms with Crippen LogP contribution in [0, 0.1) is 0 Å². The lowest BCUT2D eigenvalue weighted by molar-refractivity contribution is -0.137. The third kappa shape index (κ3) is 4.09. The summed E-state index contributed by atoms with van der Waals surface area (Å²) in [4.78, 5) is 16.3. The lowest BCUT2D eigenvalue weighted by Crippen LogP contribution is -2.23.